The molecule has 0 bridgehead atoms. The van der Waals surface area contributed by atoms with E-state index in [1.165, 1.54) is 0 Å². The number of hydrogen-bond donors (Lipinski definition) is 2. The molecule has 0 aromatic heterocycles. The van der Waals surface area contributed by atoms with Gasteiger partial charge in [0.2, 0.25) is 0 Å². The zero-order valence-corrected chi connectivity index (χ0v) is 8.42. The number of nitrogens with two attached hydrogens (primary N) is 1. The molecule has 12 heavy (non-hydrogen) atoms. The predicted octanol–water partition coefficient (Wildman–Crippen LogP) is 0.537. The highest BCUT2D eigenvalue weighted by atomic mass is 16.1. The fraction of sp³-hybridized carbons (Fsp3) is 0.889. The van der Waals surface area contributed by atoms with Crippen LogP contribution >= 0.6 is 0 Å². The lowest BCUT2D eigenvalue weighted by Gasteiger charge is -2.19. The van der Waals surface area contributed by atoms with Crippen LogP contribution in [0.1, 0.15) is 27.7 Å². The van der Waals surface area contributed by atoms with E-state index in [2.05, 4.69) is 5.32 Å². The van der Waals surface area contributed by atoms with Crippen LogP contribution in [-0.2, 0) is 4.79 Å². The molecule has 0 aliphatic carbocycles. The predicted molar refractivity (Wildman–Crippen MR) is 51.0 cm³/mol. The second kappa shape index (κ2) is 5.27. The van der Waals surface area contributed by atoms with Gasteiger partial charge in [0.1, 0.15) is 0 Å². The third-order valence-electron chi connectivity index (χ3n) is 1.68. The largest absolute Gasteiger partial charge is 0.328 e. The number of ketones is 1. The van der Waals surface area contributed by atoms with Gasteiger partial charge in [0.15, 0.2) is 5.78 Å². The third kappa shape index (κ3) is 3.83. The second-order valence-electron chi connectivity index (χ2n) is 3.67. The molecule has 0 rings (SSSR count). The standard InChI is InChI=1S/C9H20N2O/c1-6(2)9(12)8(5-10)11-7(3)4/h6-8,11H,5,10H2,1-4H3. The third-order valence-corrected chi connectivity index (χ3v) is 1.68. The van der Waals surface area contributed by atoms with Crippen molar-refractivity contribution in [1.82, 2.24) is 5.32 Å². The van der Waals surface area contributed by atoms with E-state index in [0.717, 1.165) is 0 Å². The Morgan fingerprint density at radius 1 is 1.33 bits per heavy atom. The monoisotopic (exact) mass is 172 g/mol. The Hall–Kier alpha value is -0.410. The summed E-state index contributed by atoms with van der Waals surface area (Å²) in [5.41, 5.74) is 5.48. The van der Waals surface area contributed by atoms with E-state index in [9.17, 15) is 4.79 Å². The number of carbonyl (C=O) groups is 1. The van der Waals surface area contributed by atoms with E-state index in [0.29, 0.717) is 12.6 Å². The molecule has 3 N–H and O–H groups in total. The van der Waals surface area contributed by atoms with Crippen LogP contribution in [0.5, 0.6) is 0 Å². The lowest BCUT2D eigenvalue weighted by atomic mass is 10.0. The maximum absolute atomic E-state index is 11.5. The Balaban J connectivity index is 4.06. The minimum Gasteiger partial charge on any atom is -0.328 e. The molecular weight excluding hydrogens is 152 g/mol. The van der Waals surface area contributed by atoms with Crippen LogP contribution < -0.4 is 11.1 Å². The van der Waals surface area contributed by atoms with E-state index in [1.54, 1.807) is 0 Å². The van der Waals surface area contributed by atoms with E-state index in [1.807, 2.05) is 27.7 Å². The van der Waals surface area contributed by atoms with Crippen LogP contribution in [0.15, 0.2) is 0 Å². The summed E-state index contributed by atoms with van der Waals surface area (Å²) in [7, 11) is 0. The van der Waals surface area contributed by atoms with Crippen molar-refractivity contribution in [3.05, 3.63) is 0 Å². The van der Waals surface area contributed by atoms with Crippen molar-refractivity contribution in [3.8, 4) is 0 Å². The smallest absolute Gasteiger partial charge is 0.153 e. The number of rotatable bonds is 5. The molecule has 0 heterocycles. The molecule has 3 heteroatoms. The zero-order valence-electron chi connectivity index (χ0n) is 8.42. The van der Waals surface area contributed by atoms with Gasteiger partial charge in [-0.05, 0) is 0 Å². The normalized spacial score (nSPS) is 13.9. The maximum atomic E-state index is 11.5. The highest BCUT2D eigenvalue weighted by Gasteiger charge is 2.19. The summed E-state index contributed by atoms with van der Waals surface area (Å²) in [6, 6.07) is 0.131. The van der Waals surface area contributed by atoms with Crippen molar-refractivity contribution in [2.24, 2.45) is 11.7 Å². The quantitative estimate of drug-likeness (QED) is 0.636. The molecule has 72 valence electrons. The molecule has 0 aromatic rings. The number of Topliss-reactive ketones (excluding diaryl/α,β-unsaturated/α-hetero) is 1. The van der Waals surface area contributed by atoms with Gasteiger partial charge in [-0.1, -0.05) is 27.7 Å². The van der Waals surface area contributed by atoms with Crippen LogP contribution in [0.4, 0.5) is 0 Å². The zero-order chi connectivity index (χ0) is 9.72. The fourth-order valence-electron chi connectivity index (χ4n) is 1.07. The van der Waals surface area contributed by atoms with E-state index >= 15 is 0 Å². The Morgan fingerprint density at radius 2 is 1.83 bits per heavy atom. The summed E-state index contributed by atoms with van der Waals surface area (Å²) in [6.07, 6.45) is 0. The Labute approximate surface area is 74.7 Å². The van der Waals surface area contributed by atoms with Crippen molar-refractivity contribution in [2.75, 3.05) is 6.54 Å². The van der Waals surface area contributed by atoms with Gasteiger partial charge in [-0.2, -0.15) is 0 Å². The minimum atomic E-state index is -0.176. The summed E-state index contributed by atoms with van der Waals surface area (Å²) in [5.74, 6) is 0.260. The Bertz CT molecular complexity index is 143. The molecule has 1 atom stereocenters. The highest BCUT2D eigenvalue weighted by Crippen LogP contribution is 1.99. The van der Waals surface area contributed by atoms with Gasteiger partial charge in [0.05, 0.1) is 6.04 Å². The van der Waals surface area contributed by atoms with Gasteiger partial charge in [-0.3, -0.25) is 4.79 Å². The SMILES string of the molecule is CC(C)NC(CN)C(=O)C(C)C. The van der Waals surface area contributed by atoms with Crippen LogP contribution in [-0.4, -0.2) is 24.4 Å². The van der Waals surface area contributed by atoms with Gasteiger partial charge in [0.25, 0.3) is 0 Å². The number of hydrogen-bond acceptors (Lipinski definition) is 3. The molecule has 0 radical (unpaired) electrons. The van der Waals surface area contributed by atoms with Gasteiger partial charge >= 0.3 is 0 Å². The van der Waals surface area contributed by atoms with E-state index in [-0.39, 0.29) is 17.7 Å². The van der Waals surface area contributed by atoms with Gasteiger partial charge in [0, 0.05) is 18.5 Å². The minimum absolute atomic E-state index is 0.0600. The molecule has 0 saturated heterocycles. The summed E-state index contributed by atoms with van der Waals surface area (Å²) in [5, 5.41) is 3.14. The summed E-state index contributed by atoms with van der Waals surface area (Å²) >= 11 is 0. The van der Waals surface area contributed by atoms with Crippen LogP contribution in [0, 0.1) is 5.92 Å². The maximum Gasteiger partial charge on any atom is 0.153 e. The van der Waals surface area contributed by atoms with Gasteiger partial charge < -0.3 is 11.1 Å². The second-order valence-corrected chi connectivity index (χ2v) is 3.67. The average Bonchev–Trinajstić information content (AvgIpc) is 1.98. The van der Waals surface area contributed by atoms with Gasteiger partial charge in [-0.15, -0.1) is 0 Å². The van der Waals surface area contributed by atoms with Crippen LogP contribution in [0.2, 0.25) is 0 Å². The first-order valence-electron chi connectivity index (χ1n) is 4.48. The van der Waals surface area contributed by atoms with E-state index in [4.69, 9.17) is 5.73 Å². The molecule has 0 spiro atoms. The molecule has 0 aromatic carbocycles. The van der Waals surface area contributed by atoms with Crippen LogP contribution in [0.25, 0.3) is 0 Å². The van der Waals surface area contributed by atoms with Crippen molar-refractivity contribution >= 4 is 5.78 Å². The lowest BCUT2D eigenvalue weighted by molar-refractivity contribution is -0.123. The first-order chi connectivity index (χ1) is 5.49. The van der Waals surface area contributed by atoms with Crippen molar-refractivity contribution in [3.63, 3.8) is 0 Å². The lowest BCUT2D eigenvalue weighted by Crippen LogP contribution is -2.47. The van der Waals surface area contributed by atoms with E-state index < -0.39 is 0 Å². The van der Waals surface area contributed by atoms with Crippen LogP contribution in [0.3, 0.4) is 0 Å². The molecular formula is C9H20N2O. The van der Waals surface area contributed by atoms with Crippen molar-refractivity contribution in [1.29, 1.82) is 0 Å². The highest BCUT2D eigenvalue weighted by molar-refractivity contribution is 5.85. The first-order valence-corrected chi connectivity index (χ1v) is 4.48. The molecule has 3 nitrogen and oxygen atoms in total. The molecule has 0 fully saturated rings. The molecule has 1 unspecified atom stereocenters. The molecule has 0 saturated carbocycles. The van der Waals surface area contributed by atoms with Crippen molar-refractivity contribution < 1.29 is 4.79 Å². The number of carbonyl (C=O) groups excluding carboxylic acids is 1. The topological polar surface area (TPSA) is 55.1 Å². The summed E-state index contributed by atoms with van der Waals surface area (Å²) in [6.45, 7) is 8.20. The molecule has 0 aliphatic rings. The summed E-state index contributed by atoms with van der Waals surface area (Å²) in [4.78, 5) is 11.5. The number of nitrogens with one attached hydrogen (secondary N) is 1. The summed E-state index contributed by atoms with van der Waals surface area (Å²) < 4.78 is 0. The average molecular weight is 172 g/mol. The molecule has 0 aliphatic heterocycles. The molecule has 0 amide bonds. The Kier molecular flexibility index (Phi) is 5.09. The first kappa shape index (κ1) is 11.6. The Morgan fingerprint density at radius 3 is 2.08 bits per heavy atom. The van der Waals surface area contributed by atoms with Crippen molar-refractivity contribution in [2.45, 2.75) is 39.8 Å². The van der Waals surface area contributed by atoms with Gasteiger partial charge in [-0.25, -0.2) is 0 Å². The fourth-order valence-corrected chi connectivity index (χ4v) is 1.07.